The molecule has 0 unspecified atom stereocenters. The average Bonchev–Trinajstić information content (AvgIpc) is 3.02. The highest BCUT2D eigenvalue weighted by Gasteiger charge is 2.22. The van der Waals surface area contributed by atoms with E-state index >= 15 is 0 Å². The molecule has 1 aliphatic rings. The first-order valence-corrected chi connectivity index (χ1v) is 12.0. The fourth-order valence-electron chi connectivity index (χ4n) is 4.59. The van der Waals surface area contributed by atoms with Crippen molar-refractivity contribution in [1.29, 1.82) is 0 Å². The minimum atomic E-state index is -0.305. The van der Waals surface area contributed by atoms with Gasteiger partial charge in [-0.15, -0.1) is 0 Å². The Balaban J connectivity index is 1.38. The van der Waals surface area contributed by atoms with Crippen LogP contribution < -0.4 is 5.32 Å². The molecule has 2 aromatic rings. The van der Waals surface area contributed by atoms with Crippen molar-refractivity contribution in [1.82, 2.24) is 19.7 Å². The summed E-state index contributed by atoms with van der Waals surface area (Å²) in [6.07, 6.45) is 1.04. The van der Waals surface area contributed by atoms with Gasteiger partial charge in [-0.1, -0.05) is 30.3 Å². The number of hydrogen-bond acceptors (Lipinski definition) is 5. The molecule has 7 heteroatoms. The second-order valence-corrected chi connectivity index (χ2v) is 8.77. The third kappa shape index (κ3) is 6.68. The van der Waals surface area contributed by atoms with Crippen molar-refractivity contribution in [2.24, 2.45) is 7.05 Å². The molecular formula is C26H38N4O3. The molecule has 1 aromatic carbocycles. The van der Waals surface area contributed by atoms with Crippen molar-refractivity contribution in [2.45, 2.75) is 40.2 Å². The summed E-state index contributed by atoms with van der Waals surface area (Å²) >= 11 is 0. The predicted molar refractivity (Wildman–Crippen MR) is 130 cm³/mol. The Kier molecular flexibility index (Phi) is 9.09. The Morgan fingerprint density at radius 3 is 2.36 bits per heavy atom. The number of hydrogen-bond donors (Lipinski definition) is 1. The third-order valence-electron chi connectivity index (χ3n) is 6.62. The average molecular weight is 455 g/mol. The number of nitrogens with one attached hydrogen (secondary N) is 1. The van der Waals surface area contributed by atoms with Gasteiger partial charge in [-0.3, -0.25) is 14.6 Å². The van der Waals surface area contributed by atoms with Crippen LogP contribution in [0.1, 0.15) is 46.2 Å². The van der Waals surface area contributed by atoms with Gasteiger partial charge in [0.15, 0.2) is 0 Å². The molecule has 0 saturated carbocycles. The monoisotopic (exact) mass is 454 g/mol. The molecule has 0 atom stereocenters. The Labute approximate surface area is 197 Å². The molecule has 2 heterocycles. The molecule has 0 bridgehead atoms. The lowest BCUT2D eigenvalue weighted by molar-refractivity contribution is -0.121. The SMILES string of the molecule is CCOC(=O)c1c(C)c(CCC(=O)NCCN2CCN(Cc3ccccc3)CC2)c(C)n1C. The highest BCUT2D eigenvalue weighted by Crippen LogP contribution is 2.23. The van der Waals surface area contributed by atoms with E-state index < -0.39 is 0 Å². The number of carbonyl (C=O) groups is 2. The van der Waals surface area contributed by atoms with Crippen LogP contribution in [0.25, 0.3) is 0 Å². The summed E-state index contributed by atoms with van der Waals surface area (Å²) in [7, 11) is 1.87. The van der Waals surface area contributed by atoms with Gasteiger partial charge in [0.1, 0.15) is 5.69 Å². The van der Waals surface area contributed by atoms with Crippen LogP contribution in [-0.2, 0) is 29.5 Å². The number of piperazine rings is 1. The summed E-state index contributed by atoms with van der Waals surface area (Å²) in [4.78, 5) is 29.6. The molecule has 180 valence electrons. The Bertz CT molecular complexity index is 931. The molecule has 0 aliphatic carbocycles. The normalized spacial score (nSPS) is 14.9. The number of benzene rings is 1. The van der Waals surface area contributed by atoms with E-state index in [1.165, 1.54) is 5.56 Å². The fourth-order valence-corrected chi connectivity index (χ4v) is 4.59. The van der Waals surface area contributed by atoms with Crippen LogP contribution in [-0.4, -0.2) is 72.1 Å². The summed E-state index contributed by atoms with van der Waals surface area (Å²) in [6.45, 7) is 12.8. The first kappa shape index (κ1) is 25.0. The molecule has 33 heavy (non-hydrogen) atoms. The van der Waals surface area contributed by atoms with Crippen molar-refractivity contribution < 1.29 is 14.3 Å². The molecule has 0 radical (unpaired) electrons. The van der Waals surface area contributed by atoms with Gasteiger partial charge >= 0.3 is 5.97 Å². The third-order valence-corrected chi connectivity index (χ3v) is 6.62. The summed E-state index contributed by atoms with van der Waals surface area (Å²) in [5, 5.41) is 3.06. The molecular weight excluding hydrogens is 416 g/mol. The van der Waals surface area contributed by atoms with Gasteiger partial charge in [0.05, 0.1) is 6.61 Å². The number of aromatic nitrogens is 1. The van der Waals surface area contributed by atoms with E-state index in [-0.39, 0.29) is 11.9 Å². The van der Waals surface area contributed by atoms with E-state index in [0.29, 0.717) is 31.7 Å². The summed E-state index contributed by atoms with van der Waals surface area (Å²) in [5.41, 5.74) is 4.92. The number of ether oxygens (including phenoxy) is 1. The maximum absolute atomic E-state index is 12.4. The van der Waals surface area contributed by atoms with Gasteiger partial charge < -0.3 is 14.6 Å². The van der Waals surface area contributed by atoms with E-state index in [4.69, 9.17) is 4.74 Å². The number of amides is 1. The van der Waals surface area contributed by atoms with Crippen LogP contribution in [0.5, 0.6) is 0 Å². The topological polar surface area (TPSA) is 66.8 Å². The summed E-state index contributed by atoms with van der Waals surface area (Å²) in [6, 6.07) is 10.6. The van der Waals surface area contributed by atoms with Crippen molar-refractivity contribution in [3.8, 4) is 0 Å². The number of esters is 1. The molecule has 1 aliphatic heterocycles. The number of rotatable bonds is 10. The van der Waals surface area contributed by atoms with Gasteiger partial charge in [0.2, 0.25) is 5.91 Å². The molecule has 1 N–H and O–H groups in total. The van der Waals surface area contributed by atoms with E-state index in [9.17, 15) is 9.59 Å². The molecule has 1 fully saturated rings. The smallest absolute Gasteiger partial charge is 0.355 e. The number of nitrogens with zero attached hydrogens (tertiary/aromatic N) is 3. The number of carbonyl (C=O) groups excluding carboxylic acids is 2. The minimum Gasteiger partial charge on any atom is -0.461 e. The zero-order valence-corrected chi connectivity index (χ0v) is 20.5. The Hall–Kier alpha value is -2.64. The van der Waals surface area contributed by atoms with Gasteiger partial charge in [-0.25, -0.2) is 4.79 Å². The van der Waals surface area contributed by atoms with Crippen molar-refractivity contribution in [3.05, 3.63) is 58.4 Å². The van der Waals surface area contributed by atoms with E-state index in [0.717, 1.165) is 56.1 Å². The Morgan fingerprint density at radius 1 is 1.03 bits per heavy atom. The van der Waals surface area contributed by atoms with Gasteiger partial charge in [-0.2, -0.15) is 0 Å². The lowest BCUT2D eigenvalue weighted by atomic mass is 10.0. The molecule has 3 rings (SSSR count). The van der Waals surface area contributed by atoms with Gasteiger partial charge in [0.25, 0.3) is 0 Å². The van der Waals surface area contributed by atoms with Crippen LogP contribution in [0, 0.1) is 13.8 Å². The van der Waals surface area contributed by atoms with Crippen LogP contribution >= 0.6 is 0 Å². The van der Waals surface area contributed by atoms with Crippen LogP contribution in [0.3, 0.4) is 0 Å². The lowest BCUT2D eigenvalue weighted by Crippen LogP contribution is -2.48. The van der Waals surface area contributed by atoms with Crippen LogP contribution in [0.4, 0.5) is 0 Å². The second kappa shape index (κ2) is 12.0. The van der Waals surface area contributed by atoms with Crippen LogP contribution in [0.2, 0.25) is 0 Å². The highest BCUT2D eigenvalue weighted by atomic mass is 16.5. The predicted octanol–water partition coefficient (Wildman–Crippen LogP) is 2.69. The van der Waals surface area contributed by atoms with Gasteiger partial charge in [-0.05, 0) is 43.9 Å². The first-order valence-electron chi connectivity index (χ1n) is 12.0. The maximum Gasteiger partial charge on any atom is 0.355 e. The molecule has 0 spiro atoms. The molecule has 1 aromatic heterocycles. The fraction of sp³-hybridized carbons (Fsp3) is 0.538. The molecule has 1 saturated heterocycles. The minimum absolute atomic E-state index is 0.0538. The maximum atomic E-state index is 12.4. The lowest BCUT2D eigenvalue weighted by Gasteiger charge is -2.34. The van der Waals surface area contributed by atoms with Gasteiger partial charge in [0, 0.05) is 65.0 Å². The van der Waals surface area contributed by atoms with Crippen molar-refractivity contribution in [3.63, 3.8) is 0 Å². The zero-order valence-electron chi connectivity index (χ0n) is 20.5. The highest BCUT2D eigenvalue weighted by molar-refractivity contribution is 5.90. The van der Waals surface area contributed by atoms with Crippen molar-refractivity contribution >= 4 is 11.9 Å². The van der Waals surface area contributed by atoms with Crippen molar-refractivity contribution in [2.75, 3.05) is 45.9 Å². The first-order chi connectivity index (χ1) is 15.9. The second-order valence-electron chi connectivity index (χ2n) is 8.77. The summed E-state index contributed by atoms with van der Waals surface area (Å²) in [5.74, 6) is -0.252. The standard InChI is InChI=1S/C26H38N4O3/c1-5-33-26(32)25-20(2)23(21(3)28(25)4)11-12-24(31)27-13-14-29-15-17-30(18-16-29)19-22-9-7-6-8-10-22/h6-10H,5,11-19H2,1-4H3,(H,27,31). The largest absolute Gasteiger partial charge is 0.461 e. The van der Waals surface area contributed by atoms with Crippen LogP contribution in [0.15, 0.2) is 30.3 Å². The van der Waals surface area contributed by atoms with E-state index in [1.54, 1.807) is 6.92 Å². The molecule has 7 nitrogen and oxygen atoms in total. The summed E-state index contributed by atoms with van der Waals surface area (Å²) < 4.78 is 7.06. The zero-order chi connectivity index (χ0) is 23.8. The van der Waals surface area contributed by atoms with E-state index in [1.807, 2.05) is 25.5 Å². The Morgan fingerprint density at radius 2 is 1.70 bits per heavy atom. The van der Waals surface area contributed by atoms with E-state index in [2.05, 4.69) is 45.4 Å². The molecule has 1 amide bonds. The quantitative estimate of drug-likeness (QED) is 0.559.